The maximum Gasteiger partial charge on any atom is 0.435 e. The first-order valence-corrected chi connectivity index (χ1v) is 15.0. The molecule has 33 heavy (non-hydrogen) atoms. The van der Waals surface area contributed by atoms with Crippen molar-refractivity contribution < 1.29 is 22.6 Å². The largest absolute Gasteiger partial charge is 0.480 e. The maximum absolute atomic E-state index is 14.0. The van der Waals surface area contributed by atoms with Crippen molar-refractivity contribution in [3.8, 4) is 17.3 Å². The predicted octanol–water partition coefficient (Wildman–Crippen LogP) is 5.26. The summed E-state index contributed by atoms with van der Waals surface area (Å²) in [5.74, 6) is 0.114. The molecule has 4 rings (SSSR count). The molecule has 0 unspecified atom stereocenters. The van der Waals surface area contributed by atoms with Crippen LogP contribution in [0.4, 0.5) is 13.2 Å². The van der Waals surface area contributed by atoms with Crippen LogP contribution in [0.3, 0.4) is 0 Å². The summed E-state index contributed by atoms with van der Waals surface area (Å²) in [5, 5.41) is 4.11. The highest BCUT2D eigenvalue weighted by Crippen LogP contribution is 2.46. The van der Waals surface area contributed by atoms with Crippen LogP contribution >= 0.6 is 15.9 Å². The lowest BCUT2D eigenvalue weighted by molar-refractivity contribution is -0.139. The number of hydrogen-bond acceptors (Lipinski definition) is 7. The molecule has 1 aliphatic carbocycles. The van der Waals surface area contributed by atoms with Crippen LogP contribution in [-0.2, 0) is 17.6 Å². The van der Waals surface area contributed by atoms with Crippen molar-refractivity contribution in [3.63, 3.8) is 0 Å². The molecule has 0 radical (unpaired) electrons. The first-order chi connectivity index (χ1) is 15.5. The van der Waals surface area contributed by atoms with E-state index in [1.165, 1.54) is 18.1 Å². The molecule has 3 aromatic heterocycles. The van der Waals surface area contributed by atoms with E-state index in [1.54, 1.807) is 0 Å². The summed E-state index contributed by atoms with van der Waals surface area (Å²) in [5.41, 5.74) is -0.574. The van der Waals surface area contributed by atoms with Gasteiger partial charge in [0, 0.05) is 20.6 Å². The van der Waals surface area contributed by atoms with E-state index in [2.05, 4.69) is 60.6 Å². The monoisotopic (exact) mass is 544 g/mol. The standard InChI is InChI=1S/C20H24BrF3N6O2Si/c1-31-19-12(13(11-5-6-11)25-9-26-19)18-27-15-14(16(28-18)20(22,23)24)29-30(17(15)21)10-32-7-8-33(2,3)4/h9,11H,5-8,10H2,1-4H3. The Balaban J connectivity index is 1.80. The molecule has 0 bridgehead atoms. The Morgan fingerprint density at radius 2 is 1.88 bits per heavy atom. The molecule has 13 heteroatoms. The highest BCUT2D eigenvalue weighted by Gasteiger charge is 2.39. The van der Waals surface area contributed by atoms with Gasteiger partial charge in [0.05, 0.1) is 12.8 Å². The molecule has 0 amide bonds. The molecule has 8 nitrogen and oxygen atoms in total. The van der Waals surface area contributed by atoms with Crippen molar-refractivity contribution in [2.24, 2.45) is 0 Å². The van der Waals surface area contributed by atoms with Crippen LogP contribution < -0.4 is 4.74 Å². The fourth-order valence-corrected chi connectivity index (χ4v) is 4.53. The molecule has 1 fully saturated rings. The van der Waals surface area contributed by atoms with Crippen LogP contribution in [0.25, 0.3) is 22.4 Å². The van der Waals surface area contributed by atoms with Gasteiger partial charge in [-0.2, -0.15) is 18.3 Å². The highest BCUT2D eigenvalue weighted by atomic mass is 79.9. The summed E-state index contributed by atoms with van der Waals surface area (Å²) in [6.45, 7) is 7.17. The van der Waals surface area contributed by atoms with E-state index >= 15 is 0 Å². The lowest BCUT2D eigenvalue weighted by Gasteiger charge is -2.15. The number of hydrogen-bond donors (Lipinski definition) is 0. The molecule has 3 heterocycles. The van der Waals surface area contributed by atoms with E-state index in [1.807, 2.05) is 0 Å². The number of aromatic nitrogens is 6. The van der Waals surface area contributed by atoms with Gasteiger partial charge in [0.15, 0.2) is 11.5 Å². The molecule has 1 aliphatic rings. The Labute approximate surface area is 198 Å². The van der Waals surface area contributed by atoms with Gasteiger partial charge >= 0.3 is 6.18 Å². The SMILES string of the molecule is COc1ncnc(C2CC2)c1-c1nc(C(F)(F)F)c2nn(COCC[Si](C)(C)C)c(Br)c2n1. The summed E-state index contributed by atoms with van der Waals surface area (Å²) >= 11 is 3.36. The van der Waals surface area contributed by atoms with Gasteiger partial charge in [0.2, 0.25) is 5.88 Å². The van der Waals surface area contributed by atoms with Crippen LogP contribution in [-0.4, -0.2) is 51.5 Å². The fraction of sp³-hybridized carbons (Fsp3) is 0.550. The van der Waals surface area contributed by atoms with E-state index in [-0.39, 0.29) is 45.6 Å². The predicted molar refractivity (Wildman–Crippen MR) is 122 cm³/mol. The molecule has 3 aromatic rings. The first-order valence-electron chi connectivity index (χ1n) is 10.5. The minimum Gasteiger partial charge on any atom is -0.480 e. The molecule has 0 spiro atoms. The van der Waals surface area contributed by atoms with Crippen molar-refractivity contribution in [2.45, 2.75) is 57.4 Å². The third-order valence-corrected chi connectivity index (χ3v) is 7.72. The Hall–Kier alpha value is -2.12. The number of alkyl halides is 3. The minimum atomic E-state index is -4.74. The molecule has 0 aromatic carbocycles. The van der Waals surface area contributed by atoms with Gasteiger partial charge in [0.25, 0.3) is 0 Å². The highest BCUT2D eigenvalue weighted by molar-refractivity contribution is 9.10. The quantitative estimate of drug-likeness (QED) is 0.282. The Morgan fingerprint density at radius 1 is 1.15 bits per heavy atom. The van der Waals surface area contributed by atoms with Gasteiger partial charge in [-0.15, -0.1) is 0 Å². The smallest absolute Gasteiger partial charge is 0.435 e. The molecule has 0 N–H and O–H groups in total. The number of halogens is 4. The normalized spacial score (nSPS) is 14.8. The summed E-state index contributed by atoms with van der Waals surface area (Å²) in [7, 11) is 0.101. The Morgan fingerprint density at radius 3 is 2.48 bits per heavy atom. The third-order valence-electron chi connectivity index (χ3n) is 5.23. The number of rotatable bonds is 8. The van der Waals surface area contributed by atoms with Gasteiger partial charge in [-0.25, -0.2) is 24.6 Å². The van der Waals surface area contributed by atoms with Crippen molar-refractivity contribution >= 4 is 35.0 Å². The fourth-order valence-electron chi connectivity index (χ4n) is 3.32. The van der Waals surface area contributed by atoms with Gasteiger partial charge in [0.1, 0.15) is 34.3 Å². The van der Waals surface area contributed by atoms with Crippen molar-refractivity contribution in [2.75, 3.05) is 13.7 Å². The summed E-state index contributed by atoms with van der Waals surface area (Å²) in [6, 6.07) is 0.931. The molecule has 0 aliphatic heterocycles. The van der Waals surface area contributed by atoms with E-state index in [9.17, 15) is 13.2 Å². The lowest BCUT2D eigenvalue weighted by atomic mass is 10.1. The average molecular weight is 545 g/mol. The van der Waals surface area contributed by atoms with Crippen LogP contribution in [0, 0.1) is 0 Å². The number of ether oxygens (including phenoxy) is 2. The van der Waals surface area contributed by atoms with Crippen LogP contribution in [0.1, 0.15) is 30.1 Å². The molecule has 0 atom stereocenters. The molecular weight excluding hydrogens is 521 g/mol. The zero-order valence-corrected chi connectivity index (χ0v) is 21.3. The van der Waals surface area contributed by atoms with E-state index < -0.39 is 19.9 Å². The minimum absolute atomic E-state index is 0.000846. The maximum atomic E-state index is 14.0. The molecule has 1 saturated carbocycles. The van der Waals surface area contributed by atoms with Crippen molar-refractivity contribution in [3.05, 3.63) is 22.3 Å². The molecular formula is C20H24BrF3N6O2Si. The van der Waals surface area contributed by atoms with Crippen LogP contribution in [0.15, 0.2) is 10.9 Å². The number of fused-ring (bicyclic) bond motifs is 1. The Kier molecular flexibility index (Phi) is 6.48. The second kappa shape index (κ2) is 8.91. The van der Waals surface area contributed by atoms with Gasteiger partial charge in [-0.3, -0.25) is 0 Å². The molecule has 0 saturated heterocycles. The topological polar surface area (TPSA) is 87.8 Å². The Bertz CT molecular complexity index is 1180. The molecule has 178 valence electrons. The first kappa shape index (κ1) is 24.0. The number of nitrogens with zero attached hydrogens (tertiary/aromatic N) is 6. The zero-order valence-electron chi connectivity index (χ0n) is 18.7. The van der Waals surface area contributed by atoms with Crippen molar-refractivity contribution in [1.29, 1.82) is 0 Å². The zero-order chi connectivity index (χ0) is 24.0. The van der Waals surface area contributed by atoms with Gasteiger partial charge in [-0.05, 0) is 34.8 Å². The second-order valence-electron chi connectivity index (χ2n) is 9.15. The van der Waals surface area contributed by atoms with Crippen LogP contribution in [0.2, 0.25) is 25.7 Å². The summed E-state index contributed by atoms with van der Waals surface area (Å²) in [4.78, 5) is 16.7. The summed E-state index contributed by atoms with van der Waals surface area (Å²) in [6.07, 6.45) is -1.63. The van der Waals surface area contributed by atoms with E-state index in [4.69, 9.17) is 9.47 Å². The third kappa shape index (κ3) is 5.19. The van der Waals surface area contributed by atoms with Crippen LogP contribution in [0.5, 0.6) is 5.88 Å². The lowest BCUT2D eigenvalue weighted by Crippen LogP contribution is -2.22. The average Bonchev–Trinajstić information content (AvgIpc) is 3.53. The van der Waals surface area contributed by atoms with E-state index in [0.29, 0.717) is 12.3 Å². The summed E-state index contributed by atoms with van der Waals surface area (Å²) < 4.78 is 54.6. The van der Waals surface area contributed by atoms with Gasteiger partial charge < -0.3 is 9.47 Å². The number of methoxy groups -OCH3 is 1. The van der Waals surface area contributed by atoms with Gasteiger partial charge in [-0.1, -0.05) is 19.6 Å². The van der Waals surface area contributed by atoms with Crippen molar-refractivity contribution in [1.82, 2.24) is 29.7 Å². The second-order valence-corrected chi connectivity index (χ2v) is 15.5. The van der Waals surface area contributed by atoms with E-state index in [0.717, 1.165) is 18.9 Å².